The lowest BCUT2D eigenvalue weighted by Crippen LogP contribution is -2.31. The third kappa shape index (κ3) is 3.27. The van der Waals surface area contributed by atoms with Crippen LogP contribution in [-0.4, -0.2) is 25.2 Å². The lowest BCUT2D eigenvalue weighted by atomic mass is 9.85. The first-order valence-corrected chi connectivity index (χ1v) is 6.68. The van der Waals surface area contributed by atoms with Crippen molar-refractivity contribution >= 4 is 11.3 Å². The van der Waals surface area contributed by atoms with E-state index in [4.69, 9.17) is 10.5 Å². The fourth-order valence-electron chi connectivity index (χ4n) is 1.50. The Labute approximate surface area is 102 Å². The maximum absolute atomic E-state index is 5.83. The molecule has 0 radical (unpaired) electrons. The van der Waals surface area contributed by atoms with Crippen LogP contribution >= 0.6 is 11.3 Å². The zero-order valence-corrected chi connectivity index (χ0v) is 11.3. The van der Waals surface area contributed by atoms with Crippen molar-refractivity contribution in [1.29, 1.82) is 0 Å². The van der Waals surface area contributed by atoms with Gasteiger partial charge in [0.15, 0.2) is 0 Å². The van der Waals surface area contributed by atoms with Gasteiger partial charge in [-0.3, -0.25) is 0 Å². The average Bonchev–Trinajstić information content (AvgIpc) is 2.78. The average molecular weight is 242 g/mol. The van der Waals surface area contributed by atoms with Gasteiger partial charge in [-0.2, -0.15) is 0 Å². The van der Waals surface area contributed by atoms with E-state index in [1.165, 1.54) is 5.01 Å². The van der Waals surface area contributed by atoms with Crippen LogP contribution in [0.15, 0.2) is 5.38 Å². The van der Waals surface area contributed by atoms with E-state index in [0.717, 1.165) is 31.6 Å². The smallest absolute Gasteiger partial charge is 0.0929 e. The summed E-state index contributed by atoms with van der Waals surface area (Å²) in [6.45, 7) is 5.80. The molecule has 0 amide bonds. The predicted molar refractivity (Wildman–Crippen MR) is 69.0 cm³/mol. The van der Waals surface area contributed by atoms with Gasteiger partial charge in [0, 0.05) is 37.5 Å². The monoisotopic (exact) mass is 242 g/mol. The molecule has 1 aromatic heterocycles. The molecule has 0 bridgehead atoms. The second kappa shape index (κ2) is 6.33. The molecule has 0 aliphatic rings. The van der Waals surface area contributed by atoms with Crippen molar-refractivity contribution in [3.63, 3.8) is 0 Å². The summed E-state index contributed by atoms with van der Waals surface area (Å²) in [4.78, 5) is 4.68. The third-order valence-electron chi connectivity index (χ3n) is 3.14. The van der Waals surface area contributed by atoms with Crippen LogP contribution in [0.5, 0.6) is 0 Å². The van der Waals surface area contributed by atoms with Crippen LogP contribution in [0.3, 0.4) is 0 Å². The predicted octanol–water partition coefficient (Wildman–Crippen LogP) is 2.35. The maximum atomic E-state index is 5.83. The maximum Gasteiger partial charge on any atom is 0.0929 e. The van der Waals surface area contributed by atoms with Gasteiger partial charge in [-0.15, -0.1) is 11.3 Å². The molecule has 1 aromatic rings. The second-order valence-corrected chi connectivity index (χ2v) is 5.28. The van der Waals surface area contributed by atoms with Gasteiger partial charge in [-0.05, 0) is 12.8 Å². The second-order valence-electron chi connectivity index (χ2n) is 4.34. The highest BCUT2D eigenvalue weighted by Gasteiger charge is 2.25. The minimum Gasteiger partial charge on any atom is -0.385 e. The van der Waals surface area contributed by atoms with Crippen molar-refractivity contribution in [2.24, 2.45) is 5.73 Å². The molecule has 2 N–H and O–H groups in total. The fourth-order valence-corrected chi connectivity index (χ4v) is 2.50. The Morgan fingerprint density at radius 3 is 2.88 bits per heavy atom. The highest BCUT2D eigenvalue weighted by atomic mass is 32.1. The van der Waals surface area contributed by atoms with E-state index in [9.17, 15) is 0 Å². The van der Waals surface area contributed by atoms with E-state index in [1.807, 2.05) is 0 Å². The molecule has 1 heterocycles. The Kier molecular flexibility index (Phi) is 5.38. The Bertz CT molecular complexity index is 308. The summed E-state index contributed by atoms with van der Waals surface area (Å²) in [6.07, 6.45) is 3.07. The van der Waals surface area contributed by atoms with Crippen molar-refractivity contribution in [3.8, 4) is 0 Å². The van der Waals surface area contributed by atoms with Gasteiger partial charge in [-0.25, -0.2) is 4.98 Å². The van der Waals surface area contributed by atoms with E-state index in [-0.39, 0.29) is 5.41 Å². The number of hydrogen-bond acceptors (Lipinski definition) is 4. The molecule has 0 fully saturated rings. The zero-order chi connectivity index (χ0) is 12.0. The molecule has 0 saturated heterocycles. The van der Waals surface area contributed by atoms with Gasteiger partial charge in [0.1, 0.15) is 0 Å². The quantitative estimate of drug-likeness (QED) is 0.747. The summed E-state index contributed by atoms with van der Waals surface area (Å²) in [7, 11) is 1.73. The van der Waals surface area contributed by atoms with E-state index >= 15 is 0 Å². The molecule has 1 atom stereocenters. The summed E-state index contributed by atoms with van der Waals surface area (Å²) in [6, 6.07) is 0. The summed E-state index contributed by atoms with van der Waals surface area (Å²) in [5, 5.41) is 3.35. The Morgan fingerprint density at radius 2 is 2.31 bits per heavy atom. The molecule has 0 aromatic carbocycles. The molecule has 0 saturated carbocycles. The van der Waals surface area contributed by atoms with E-state index in [2.05, 4.69) is 24.2 Å². The number of ether oxygens (including phenoxy) is 1. The van der Waals surface area contributed by atoms with Crippen molar-refractivity contribution in [3.05, 3.63) is 16.1 Å². The number of thiazole rings is 1. The van der Waals surface area contributed by atoms with Crippen molar-refractivity contribution < 1.29 is 4.74 Å². The molecule has 1 rings (SSSR count). The van der Waals surface area contributed by atoms with Crippen LogP contribution in [-0.2, 0) is 16.6 Å². The normalized spacial score (nSPS) is 15.0. The molecule has 1 unspecified atom stereocenters. The first kappa shape index (κ1) is 13.6. The molecular weight excluding hydrogens is 220 g/mol. The van der Waals surface area contributed by atoms with Crippen LogP contribution in [0.25, 0.3) is 0 Å². The highest BCUT2D eigenvalue weighted by Crippen LogP contribution is 2.27. The van der Waals surface area contributed by atoms with Gasteiger partial charge in [-0.1, -0.05) is 13.8 Å². The van der Waals surface area contributed by atoms with Crippen LogP contribution in [0.2, 0.25) is 0 Å². The van der Waals surface area contributed by atoms with Gasteiger partial charge in [0.25, 0.3) is 0 Å². The van der Waals surface area contributed by atoms with Crippen molar-refractivity contribution in [2.75, 3.05) is 20.3 Å². The first-order valence-electron chi connectivity index (χ1n) is 5.80. The van der Waals surface area contributed by atoms with Crippen LogP contribution in [0.4, 0.5) is 0 Å². The van der Waals surface area contributed by atoms with Crippen LogP contribution in [0, 0.1) is 0 Å². The Balaban J connectivity index is 2.63. The lowest BCUT2D eigenvalue weighted by molar-refractivity contribution is 0.195. The zero-order valence-electron chi connectivity index (χ0n) is 10.5. The molecular formula is C12H22N2OS. The third-order valence-corrected chi connectivity index (χ3v) is 4.05. The highest BCUT2D eigenvalue weighted by molar-refractivity contribution is 7.09. The topological polar surface area (TPSA) is 48.1 Å². The van der Waals surface area contributed by atoms with E-state index in [0.29, 0.717) is 6.54 Å². The number of nitrogens with zero attached hydrogens (tertiary/aromatic N) is 1. The summed E-state index contributed by atoms with van der Waals surface area (Å²) in [5.74, 6) is 0. The van der Waals surface area contributed by atoms with E-state index in [1.54, 1.807) is 18.4 Å². The number of methoxy groups -OCH3 is 1. The largest absolute Gasteiger partial charge is 0.385 e. The van der Waals surface area contributed by atoms with E-state index < -0.39 is 0 Å². The number of nitrogens with two attached hydrogens (primary N) is 1. The van der Waals surface area contributed by atoms with Gasteiger partial charge in [0.2, 0.25) is 0 Å². The SMILES string of the molecule is CCC(C)(CN)c1csc(CCCOC)n1. The number of rotatable bonds is 7. The summed E-state index contributed by atoms with van der Waals surface area (Å²) in [5.41, 5.74) is 7.01. The van der Waals surface area contributed by atoms with Crippen LogP contribution in [0.1, 0.15) is 37.4 Å². The Morgan fingerprint density at radius 1 is 1.56 bits per heavy atom. The lowest BCUT2D eigenvalue weighted by Gasteiger charge is -2.23. The van der Waals surface area contributed by atoms with Gasteiger partial charge >= 0.3 is 0 Å². The standard InChI is InChI=1S/C12H22N2OS/c1-4-12(2,9-13)10-8-16-11(14-10)6-5-7-15-3/h8H,4-7,9,13H2,1-3H3. The van der Waals surface area contributed by atoms with Crippen LogP contribution < -0.4 is 5.73 Å². The van der Waals surface area contributed by atoms with Crippen molar-refractivity contribution in [1.82, 2.24) is 4.98 Å². The minimum absolute atomic E-state index is 0.0377. The fraction of sp³-hybridized carbons (Fsp3) is 0.750. The minimum atomic E-state index is 0.0377. The summed E-state index contributed by atoms with van der Waals surface area (Å²) >= 11 is 1.74. The molecule has 0 spiro atoms. The van der Waals surface area contributed by atoms with Crippen molar-refractivity contribution in [2.45, 2.75) is 38.5 Å². The molecule has 3 nitrogen and oxygen atoms in total. The number of aryl methyl sites for hydroxylation is 1. The molecule has 92 valence electrons. The molecule has 16 heavy (non-hydrogen) atoms. The number of aromatic nitrogens is 1. The van der Waals surface area contributed by atoms with Gasteiger partial charge < -0.3 is 10.5 Å². The molecule has 0 aliphatic heterocycles. The van der Waals surface area contributed by atoms with Gasteiger partial charge in [0.05, 0.1) is 10.7 Å². The summed E-state index contributed by atoms with van der Waals surface area (Å²) < 4.78 is 5.04. The molecule has 0 aliphatic carbocycles. The Hall–Kier alpha value is -0.450. The first-order chi connectivity index (χ1) is 7.66. The number of hydrogen-bond donors (Lipinski definition) is 1. The molecule has 4 heteroatoms.